The predicted molar refractivity (Wildman–Crippen MR) is 95.4 cm³/mol. The van der Waals surface area contributed by atoms with Crippen LogP contribution in [0.2, 0.25) is 0 Å². The van der Waals surface area contributed by atoms with Crippen LogP contribution in [0.4, 0.5) is 13.2 Å². The SMILES string of the molecule is N#Cc1ccc(F)c(CN2CCN(C(=O)c3ccccc3OC(F)F)CC2)c1. The molecule has 1 heterocycles. The lowest BCUT2D eigenvalue weighted by Crippen LogP contribution is -2.48. The van der Waals surface area contributed by atoms with Gasteiger partial charge in [-0.05, 0) is 30.3 Å². The molecule has 8 heteroatoms. The molecule has 1 amide bonds. The molecular weight excluding hydrogens is 371 g/mol. The van der Waals surface area contributed by atoms with Gasteiger partial charge in [-0.15, -0.1) is 0 Å². The van der Waals surface area contributed by atoms with Crippen LogP contribution in [0.5, 0.6) is 5.75 Å². The van der Waals surface area contributed by atoms with E-state index in [4.69, 9.17) is 5.26 Å². The molecule has 0 saturated carbocycles. The second kappa shape index (κ2) is 8.76. The number of alkyl halides is 2. The van der Waals surface area contributed by atoms with Crippen molar-refractivity contribution in [3.05, 3.63) is 65.0 Å². The topological polar surface area (TPSA) is 56.6 Å². The molecule has 0 bridgehead atoms. The summed E-state index contributed by atoms with van der Waals surface area (Å²) in [4.78, 5) is 16.2. The van der Waals surface area contributed by atoms with E-state index < -0.39 is 6.61 Å². The number of hydrogen-bond donors (Lipinski definition) is 0. The standard InChI is InChI=1S/C20H18F3N3O2/c21-17-6-5-14(12-24)11-15(17)13-25-7-9-26(10-8-25)19(27)16-3-1-2-4-18(16)28-20(22)23/h1-6,11,20H,7-10,13H2. The van der Waals surface area contributed by atoms with Gasteiger partial charge in [-0.2, -0.15) is 14.0 Å². The summed E-state index contributed by atoms with van der Waals surface area (Å²) in [5.74, 6) is -0.913. The monoisotopic (exact) mass is 389 g/mol. The lowest BCUT2D eigenvalue weighted by Gasteiger charge is -2.35. The molecule has 1 saturated heterocycles. The van der Waals surface area contributed by atoms with Crippen LogP contribution in [0.15, 0.2) is 42.5 Å². The van der Waals surface area contributed by atoms with E-state index in [1.165, 1.54) is 36.4 Å². The average molecular weight is 389 g/mol. The first-order valence-corrected chi connectivity index (χ1v) is 8.72. The van der Waals surface area contributed by atoms with Gasteiger partial charge in [-0.3, -0.25) is 9.69 Å². The molecule has 0 aliphatic carbocycles. The van der Waals surface area contributed by atoms with Crippen molar-refractivity contribution in [1.82, 2.24) is 9.80 Å². The van der Waals surface area contributed by atoms with Gasteiger partial charge in [0.1, 0.15) is 11.6 Å². The minimum atomic E-state index is -3.01. The largest absolute Gasteiger partial charge is 0.434 e. The molecule has 0 spiro atoms. The number of benzene rings is 2. The van der Waals surface area contributed by atoms with Crippen molar-refractivity contribution in [3.63, 3.8) is 0 Å². The van der Waals surface area contributed by atoms with Crippen molar-refractivity contribution in [2.75, 3.05) is 26.2 Å². The normalized spacial score (nSPS) is 14.8. The van der Waals surface area contributed by atoms with Crippen LogP contribution >= 0.6 is 0 Å². The molecule has 0 aromatic heterocycles. The van der Waals surface area contributed by atoms with Gasteiger partial charge in [0, 0.05) is 38.3 Å². The Kier molecular flexibility index (Phi) is 6.16. The van der Waals surface area contributed by atoms with E-state index in [9.17, 15) is 18.0 Å². The molecule has 1 aliphatic heterocycles. The molecule has 0 N–H and O–H groups in total. The smallest absolute Gasteiger partial charge is 0.387 e. The molecular formula is C20H18F3N3O2. The second-order valence-electron chi connectivity index (χ2n) is 6.36. The fourth-order valence-corrected chi connectivity index (χ4v) is 3.13. The number of hydrogen-bond acceptors (Lipinski definition) is 4. The summed E-state index contributed by atoms with van der Waals surface area (Å²) in [5, 5.41) is 8.95. The van der Waals surface area contributed by atoms with E-state index in [1.54, 1.807) is 11.0 Å². The average Bonchev–Trinajstić information content (AvgIpc) is 2.70. The Balaban J connectivity index is 1.63. The van der Waals surface area contributed by atoms with E-state index in [2.05, 4.69) is 4.74 Å². The van der Waals surface area contributed by atoms with Gasteiger partial charge in [0.15, 0.2) is 0 Å². The highest BCUT2D eigenvalue weighted by Crippen LogP contribution is 2.23. The molecule has 3 rings (SSSR count). The number of carbonyl (C=O) groups excluding carboxylic acids is 1. The van der Waals surface area contributed by atoms with Crippen molar-refractivity contribution < 1.29 is 22.7 Å². The summed E-state index contributed by atoms with van der Waals surface area (Å²) in [5.41, 5.74) is 0.902. The lowest BCUT2D eigenvalue weighted by atomic mass is 10.1. The van der Waals surface area contributed by atoms with Gasteiger partial charge >= 0.3 is 6.61 Å². The summed E-state index contributed by atoms with van der Waals surface area (Å²) in [7, 11) is 0. The molecule has 146 valence electrons. The molecule has 1 aliphatic rings. The first-order valence-electron chi connectivity index (χ1n) is 8.72. The summed E-state index contributed by atoms with van der Waals surface area (Å²) in [6, 6.07) is 12.1. The first kappa shape index (κ1) is 19.7. The number of nitriles is 1. The molecule has 1 fully saturated rings. The van der Waals surface area contributed by atoms with Gasteiger partial charge < -0.3 is 9.64 Å². The third-order valence-electron chi connectivity index (χ3n) is 4.56. The van der Waals surface area contributed by atoms with Gasteiger partial charge in [0.05, 0.1) is 17.2 Å². The predicted octanol–water partition coefficient (Wildman–Crippen LogP) is 3.26. The van der Waals surface area contributed by atoms with Crippen LogP contribution in [-0.2, 0) is 6.54 Å². The van der Waals surface area contributed by atoms with Crippen LogP contribution in [-0.4, -0.2) is 48.5 Å². The number of ether oxygens (including phenoxy) is 1. The fraction of sp³-hybridized carbons (Fsp3) is 0.300. The van der Waals surface area contributed by atoms with Crippen LogP contribution in [0.1, 0.15) is 21.5 Å². The van der Waals surface area contributed by atoms with Crippen molar-refractivity contribution in [2.24, 2.45) is 0 Å². The van der Waals surface area contributed by atoms with Crippen LogP contribution < -0.4 is 4.74 Å². The molecule has 0 unspecified atom stereocenters. The number of amides is 1. The molecule has 2 aromatic carbocycles. The van der Waals surface area contributed by atoms with Crippen molar-refractivity contribution in [3.8, 4) is 11.8 Å². The zero-order chi connectivity index (χ0) is 20.1. The zero-order valence-electron chi connectivity index (χ0n) is 14.9. The first-order chi connectivity index (χ1) is 13.5. The minimum absolute atomic E-state index is 0.0871. The summed E-state index contributed by atoms with van der Waals surface area (Å²) >= 11 is 0. The van der Waals surface area contributed by atoms with E-state index in [0.717, 1.165) is 0 Å². The van der Waals surface area contributed by atoms with Gasteiger partial charge in [0.2, 0.25) is 0 Å². The molecule has 0 radical (unpaired) electrons. The Labute approximate surface area is 160 Å². The van der Waals surface area contributed by atoms with E-state index in [0.29, 0.717) is 43.9 Å². The number of piperazine rings is 1. The number of rotatable bonds is 5. The van der Waals surface area contributed by atoms with Crippen LogP contribution in [0.25, 0.3) is 0 Å². The van der Waals surface area contributed by atoms with E-state index in [-0.39, 0.29) is 23.0 Å². The summed E-state index contributed by atoms with van der Waals surface area (Å²) in [6.45, 7) is -0.929. The van der Waals surface area contributed by atoms with Crippen LogP contribution in [0.3, 0.4) is 0 Å². The fourth-order valence-electron chi connectivity index (χ4n) is 3.13. The second-order valence-corrected chi connectivity index (χ2v) is 6.36. The quantitative estimate of drug-likeness (QED) is 0.788. The van der Waals surface area contributed by atoms with Gasteiger partial charge in [-0.1, -0.05) is 12.1 Å². The van der Waals surface area contributed by atoms with Crippen LogP contribution in [0, 0.1) is 17.1 Å². The van der Waals surface area contributed by atoms with Crippen molar-refractivity contribution in [1.29, 1.82) is 5.26 Å². The number of carbonyl (C=O) groups is 1. The van der Waals surface area contributed by atoms with Crippen molar-refractivity contribution >= 4 is 5.91 Å². The highest BCUT2D eigenvalue weighted by Gasteiger charge is 2.25. The number of nitrogens with zero attached hydrogens (tertiary/aromatic N) is 3. The van der Waals surface area contributed by atoms with E-state index >= 15 is 0 Å². The van der Waals surface area contributed by atoms with E-state index in [1.807, 2.05) is 11.0 Å². The number of para-hydroxylation sites is 1. The summed E-state index contributed by atoms with van der Waals surface area (Å²) in [6.07, 6.45) is 0. The highest BCUT2D eigenvalue weighted by atomic mass is 19.3. The maximum absolute atomic E-state index is 14.0. The molecule has 0 atom stereocenters. The van der Waals surface area contributed by atoms with Crippen molar-refractivity contribution in [2.45, 2.75) is 13.2 Å². The Morgan fingerprint density at radius 1 is 1.14 bits per heavy atom. The third-order valence-corrected chi connectivity index (χ3v) is 4.56. The Hall–Kier alpha value is -3.05. The Morgan fingerprint density at radius 2 is 1.86 bits per heavy atom. The molecule has 5 nitrogen and oxygen atoms in total. The Morgan fingerprint density at radius 3 is 2.54 bits per heavy atom. The maximum Gasteiger partial charge on any atom is 0.387 e. The molecule has 2 aromatic rings. The Bertz CT molecular complexity index is 891. The maximum atomic E-state index is 14.0. The molecule has 28 heavy (non-hydrogen) atoms. The third kappa shape index (κ3) is 4.61. The summed E-state index contributed by atoms with van der Waals surface area (Å²) < 4.78 is 43.5. The zero-order valence-corrected chi connectivity index (χ0v) is 14.9. The highest BCUT2D eigenvalue weighted by molar-refractivity contribution is 5.97. The number of halogens is 3. The minimum Gasteiger partial charge on any atom is -0.434 e. The van der Waals surface area contributed by atoms with Gasteiger partial charge in [-0.25, -0.2) is 4.39 Å². The lowest BCUT2D eigenvalue weighted by molar-refractivity contribution is -0.0503. The van der Waals surface area contributed by atoms with Gasteiger partial charge in [0.25, 0.3) is 5.91 Å².